The lowest BCUT2D eigenvalue weighted by atomic mass is 9.66. The summed E-state index contributed by atoms with van der Waals surface area (Å²) < 4.78 is 11.1. The average Bonchev–Trinajstić information content (AvgIpc) is 2.95. The molecule has 5 rings (SSSR count). The van der Waals surface area contributed by atoms with Crippen LogP contribution in [0.1, 0.15) is 60.8 Å². The molecule has 0 N–H and O–H groups in total. The van der Waals surface area contributed by atoms with Crippen LogP contribution in [-0.4, -0.2) is 24.6 Å². The molecule has 1 heterocycles. The SMILES string of the molecule is CCc1ccc([C@H]2C(C(=O)OCc3ccccc3)=C(C)N=C3C[C@H](c4ccc(OC)cc4)CC(=O)C32)cc1. The minimum atomic E-state index is -0.472. The highest BCUT2D eigenvalue weighted by atomic mass is 16.5. The molecule has 0 bridgehead atoms. The lowest BCUT2D eigenvalue weighted by molar-refractivity contribution is -0.140. The number of allylic oxidation sites excluding steroid dienone is 1. The monoisotopic (exact) mass is 507 g/mol. The molecule has 5 heteroatoms. The maximum atomic E-state index is 13.8. The van der Waals surface area contributed by atoms with Crippen LogP contribution in [-0.2, 0) is 27.4 Å². The zero-order valence-electron chi connectivity index (χ0n) is 22.1. The summed E-state index contributed by atoms with van der Waals surface area (Å²) in [7, 11) is 1.64. The van der Waals surface area contributed by atoms with E-state index in [0.717, 1.165) is 34.6 Å². The van der Waals surface area contributed by atoms with Crippen LogP contribution in [0, 0.1) is 5.92 Å². The number of ether oxygens (including phenoxy) is 2. The molecule has 0 aromatic heterocycles. The normalized spacial score (nSPS) is 21.0. The quantitative estimate of drug-likeness (QED) is 0.339. The van der Waals surface area contributed by atoms with Crippen molar-refractivity contribution in [2.45, 2.75) is 51.6 Å². The van der Waals surface area contributed by atoms with Gasteiger partial charge < -0.3 is 9.47 Å². The number of aliphatic imine (C=N–C) groups is 1. The molecule has 0 radical (unpaired) electrons. The molecule has 3 aromatic rings. The van der Waals surface area contributed by atoms with E-state index in [0.29, 0.717) is 24.1 Å². The number of rotatable bonds is 7. The van der Waals surface area contributed by atoms with Crippen LogP contribution in [0.3, 0.4) is 0 Å². The molecule has 38 heavy (non-hydrogen) atoms. The Labute approximate surface area is 224 Å². The number of benzene rings is 3. The van der Waals surface area contributed by atoms with Gasteiger partial charge in [-0.2, -0.15) is 0 Å². The van der Waals surface area contributed by atoms with Gasteiger partial charge in [0.15, 0.2) is 0 Å². The number of aryl methyl sites for hydroxylation is 1. The topological polar surface area (TPSA) is 65.0 Å². The molecular formula is C33H33NO4. The zero-order valence-corrected chi connectivity index (χ0v) is 22.1. The van der Waals surface area contributed by atoms with Gasteiger partial charge in [-0.15, -0.1) is 0 Å². The fourth-order valence-electron chi connectivity index (χ4n) is 5.68. The van der Waals surface area contributed by atoms with Gasteiger partial charge in [-0.05, 0) is 60.1 Å². The number of Topliss-reactive ketones (excluding diaryl/α,β-unsaturated/α-hetero) is 1. The third-order valence-electron chi connectivity index (χ3n) is 7.72. The molecule has 1 fully saturated rings. The zero-order chi connectivity index (χ0) is 26.6. The number of nitrogens with zero attached hydrogens (tertiary/aromatic N) is 1. The second-order valence-electron chi connectivity index (χ2n) is 10.1. The smallest absolute Gasteiger partial charge is 0.336 e. The second-order valence-corrected chi connectivity index (χ2v) is 10.1. The maximum absolute atomic E-state index is 13.8. The van der Waals surface area contributed by atoms with Crippen LogP contribution in [0.25, 0.3) is 0 Å². The van der Waals surface area contributed by atoms with E-state index in [1.807, 2.05) is 73.7 Å². The van der Waals surface area contributed by atoms with Gasteiger partial charge in [0.25, 0.3) is 0 Å². The summed E-state index contributed by atoms with van der Waals surface area (Å²) >= 11 is 0. The highest BCUT2D eigenvalue weighted by Crippen LogP contribution is 2.46. The highest BCUT2D eigenvalue weighted by Gasteiger charge is 2.46. The molecule has 0 spiro atoms. The first kappa shape index (κ1) is 25.7. The Bertz CT molecular complexity index is 1370. The largest absolute Gasteiger partial charge is 0.497 e. The number of methoxy groups -OCH3 is 1. The molecule has 1 unspecified atom stereocenters. The third-order valence-corrected chi connectivity index (χ3v) is 7.72. The van der Waals surface area contributed by atoms with Crippen molar-refractivity contribution in [1.82, 2.24) is 0 Å². The van der Waals surface area contributed by atoms with Crippen molar-refractivity contribution in [2.24, 2.45) is 10.9 Å². The lowest BCUT2D eigenvalue weighted by Gasteiger charge is -2.38. The number of esters is 1. The molecule has 1 saturated carbocycles. The molecule has 0 saturated heterocycles. The van der Waals surface area contributed by atoms with E-state index in [9.17, 15) is 9.59 Å². The highest BCUT2D eigenvalue weighted by molar-refractivity contribution is 6.12. The molecule has 5 nitrogen and oxygen atoms in total. The van der Waals surface area contributed by atoms with Gasteiger partial charge >= 0.3 is 5.97 Å². The van der Waals surface area contributed by atoms with Gasteiger partial charge in [0.1, 0.15) is 18.1 Å². The number of fused-ring (bicyclic) bond motifs is 1. The van der Waals surface area contributed by atoms with Gasteiger partial charge in [0.05, 0.1) is 18.6 Å². The minimum absolute atomic E-state index is 0.0471. The molecule has 194 valence electrons. The Morgan fingerprint density at radius 3 is 2.21 bits per heavy atom. The standard InChI is InChI=1S/C33H33NO4/c1-4-22-10-12-25(13-11-22)31-30(33(36)38-20-23-8-6-5-7-9-23)21(2)34-28-18-26(19-29(35)32(28)31)24-14-16-27(37-3)17-15-24/h5-17,26,31-32H,4,18-20H2,1-3H3/t26-,31-,32?/m0/s1. The van der Waals surface area contributed by atoms with Gasteiger partial charge in [-0.25, -0.2) is 4.79 Å². The van der Waals surface area contributed by atoms with Crippen LogP contribution in [0.2, 0.25) is 0 Å². The summed E-state index contributed by atoms with van der Waals surface area (Å²) in [5, 5.41) is 0. The van der Waals surface area contributed by atoms with Crippen molar-refractivity contribution in [1.29, 1.82) is 0 Å². The predicted octanol–water partition coefficient (Wildman–Crippen LogP) is 6.58. The van der Waals surface area contributed by atoms with Gasteiger partial charge in [0.2, 0.25) is 0 Å². The first-order valence-corrected chi connectivity index (χ1v) is 13.2. The lowest BCUT2D eigenvalue weighted by Crippen LogP contribution is -2.41. The Kier molecular flexibility index (Phi) is 7.54. The summed E-state index contributed by atoms with van der Waals surface area (Å²) in [5.74, 6) is -0.353. The predicted molar refractivity (Wildman–Crippen MR) is 148 cm³/mol. The molecule has 0 amide bonds. The summed E-state index contributed by atoms with van der Waals surface area (Å²) in [4.78, 5) is 32.2. The van der Waals surface area contributed by atoms with Crippen LogP contribution in [0.4, 0.5) is 0 Å². The first-order valence-electron chi connectivity index (χ1n) is 13.2. The van der Waals surface area contributed by atoms with Gasteiger partial charge in [-0.3, -0.25) is 9.79 Å². The summed E-state index contributed by atoms with van der Waals surface area (Å²) in [5.41, 5.74) is 6.13. The fourth-order valence-corrected chi connectivity index (χ4v) is 5.68. The number of hydrogen-bond acceptors (Lipinski definition) is 5. The fraction of sp³-hybridized carbons (Fsp3) is 0.303. The summed E-state index contributed by atoms with van der Waals surface area (Å²) in [6.07, 6.45) is 2.01. The van der Waals surface area contributed by atoms with Crippen LogP contribution in [0.15, 0.2) is 95.1 Å². The Balaban J connectivity index is 1.50. The van der Waals surface area contributed by atoms with E-state index in [4.69, 9.17) is 14.5 Å². The van der Waals surface area contributed by atoms with Crippen molar-refractivity contribution in [3.63, 3.8) is 0 Å². The van der Waals surface area contributed by atoms with Gasteiger partial charge in [-0.1, -0.05) is 73.7 Å². The summed E-state index contributed by atoms with van der Waals surface area (Å²) in [6.45, 7) is 4.14. The second kappa shape index (κ2) is 11.2. The maximum Gasteiger partial charge on any atom is 0.336 e. The summed E-state index contributed by atoms with van der Waals surface area (Å²) in [6, 6.07) is 25.8. The first-order chi connectivity index (χ1) is 18.5. The van der Waals surface area contributed by atoms with Crippen molar-refractivity contribution in [2.75, 3.05) is 7.11 Å². The minimum Gasteiger partial charge on any atom is -0.497 e. The van der Waals surface area contributed by atoms with Crippen LogP contribution >= 0.6 is 0 Å². The van der Waals surface area contributed by atoms with E-state index in [1.54, 1.807) is 7.11 Å². The molecule has 1 aliphatic carbocycles. The van der Waals surface area contributed by atoms with E-state index < -0.39 is 17.8 Å². The number of hydrogen-bond donors (Lipinski definition) is 0. The molecule has 3 aromatic carbocycles. The number of ketones is 1. The van der Waals surface area contributed by atoms with Crippen molar-refractivity contribution < 1.29 is 19.1 Å². The van der Waals surface area contributed by atoms with Crippen LogP contribution < -0.4 is 4.74 Å². The van der Waals surface area contributed by atoms with Crippen molar-refractivity contribution >= 4 is 17.5 Å². The van der Waals surface area contributed by atoms with E-state index in [1.165, 1.54) is 5.56 Å². The van der Waals surface area contributed by atoms with Crippen molar-refractivity contribution in [3.05, 3.63) is 112 Å². The Morgan fingerprint density at radius 1 is 0.868 bits per heavy atom. The van der Waals surface area contributed by atoms with Crippen molar-refractivity contribution in [3.8, 4) is 5.75 Å². The van der Waals surface area contributed by atoms with Crippen LogP contribution in [0.5, 0.6) is 5.75 Å². The number of carbonyl (C=O) groups is 2. The molecule has 2 aliphatic rings. The average molecular weight is 508 g/mol. The van der Waals surface area contributed by atoms with E-state index in [2.05, 4.69) is 19.1 Å². The third kappa shape index (κ3) is 5.19. The molecule has 3 atom stereocenters. The van der Waals surface area contributed by atoms with E-state index >= 15 is 0 Å². The Hall–Kier alpha value is -3.99. The van der Waals surface area contributed by atoms with E-state index in [-0.39, 0.29) is 18.3 Å². The Morgan fingerprint density at radius 2 is 1.55 bits per heavy atom. The number of carbonyl (C=O) groups excluding carboxylic acids is 2. The molecule has 1 aliphatic heterocycles. The van der Waals surface area contributed by atoms with Gasteiger partial charge in [0, 0.05) is 23.7 Å². The molecular weight excluding hydrogens is 474 g/mol.